The van der Waals surface area contributed by atoms with E-state index < -0.39 is 0 Å². The minimum Gasteiger partial charge on any atom is -0.326 e. The minimum atomic E-state index is 0.398. The lowest BCUT2D eigenvalue weighted by molar-refractivity contribution is 0.317. The summed E-state index contributed by atoms with van der Waals surface area (Å²) in [7, 11) is 0. The third kappa shape index (κ3) is 1.70. The van der Waals surface area contributed by atoms with Gasteiger partial charge in [0.05, 0.1) is 6.07 Å². The van der Waals surface area contributed by atoms with Crippen LogP contribution in [0.25, 0.3) is 0 Å². The van der Waals surface area contributed by atoms with Crippen molar-refractivity contribution in [3.05, 3.63) is 0 Å². The first kappa shape index (κ1) is 8.98. The van der Waals surface area contributed by atoms with E-state index in [9.17, 15) is 0 Å². The molecule has 1 saturated heterocycles. The number of nitrogens with zero attached hydrogens (tertiary/aromatic N) is 2. The second kappa shape index (κ2) is 3.28. The van der Waals surface area contributed by atoms with E-state index in [1.165, 1.54) is 19.4 Å². The van der Waals surface area contributed by atoms with Crippen molar-refractivity contribution in [2.24, 2.45) is 11.1 Å². The van der Waals surface area contributed by atoms with E-state index in [-0.39, 0.29) is 0 Å². The van der Waals surface area contributed by atoms with Gasteiger partial charge in [-0.05, 0) is 31.2 Å². The third-order valence-electron chi connectivity index (χ3n) is 3.44. The predicted octanol–water partition coefficient (Wildman–Crippen LogP) is 0.713. The van der Waals surface area contributed by atoms with Crippen molar-refractivity contribution in [1.82, 2.24) is 4.90 Å². The highest BCUT2D eigenvalue weighted by atomic mass is 15.2. The second-order valence-corrected chi connectivity index (χ2v) is 4.47. The van der Waals surface area contributed by atoms with Crippen molar-refractivity contribution in [1.29, 1.82) is 5.26 Å². The molecule has 1 aliphatic carbocycles. The van der Waals surface area contributed by atoms with Gasteiger partial charge < -0.3 is 10.6 Å². The lowest BCUT2D eigenvalue weighted by atomic mass is 10.0. The maximum absolute atomic E-state index is 8.41. The van der Waals surface area contributed by atoms with Crippen molar-refractivity contribution < 1.29 is 0 Å². The van der Waals surface area contributed by atoms with E-state index in [0.717, 1.165) is 19.5 Å². The summed E-state index contributed by atoms with van der Waals surface area (Å²) in [4.78, 5) is 2.43. The lowest BCUT2D eigenvalue weighted by Crippen LogP contribution is -2.30. The zero-order valence-electron chi connectivity index (χ0n) is 8.00. The summed E-state index contributed by atoms with van der Waals surface area (Å²) in [5, 5.41) is 8.41. The first-order valence-electron chi connectivity index (χ1n) is 5.12. The zero-order valence-corrected chi connectivity index (χ0v) is 8.00. The van der Waals surface area contributed by atoms with Crippen LogP contribution in [-0.2, 0) is 0 Å². The summed E-state index contributed by atoms with van der Waals surface area (Å²) in [6.07, 6.45) is 4.32. The standard InChI is InChI=1S/C10H17N3/c11-5-1-2-6-13-7-9(12)10(8-13)3-4-10/h9H,1-4,6-8,12H2. The molecule has 1 aliphatic heterocycles. The lowest BCUT2D eigenvalue weighted by Gasteiger charge is -2.13. The fourth-order valence-electron chi connectivity index (χ4n) is 2.34. The van der Waals surface area contributed by atoms with Crippen LogP contribution >= 0.6 is 0 Å². The van der Waals surface area contributed by atoms with Crippen molar-refractivity contribution in [3.63, 3.8) is 0 Å². The average Bonchev–Trinajstić information content (AvgIpc) is 2.79. The second-order valence-electron chi connectivity index (χ2n) is 4.47. The highest BCUT2D eigenvalue weighted by Crippen LogP contribution is 2.51. The molecule has 3 heteroatoms. The molecule has 0 aromatic carbocycles. The Kier molecular flexibility index (Phi) is 2.27. The van der Waals surface area contributed by atoms with Gasteiger partial charge in [-0.2, -0.15) is 5.26 Å². The van der Waals surface area contributed by atoms with Gasteiger partial charge in [-0.3, -0.25) is 0 Å². The molecule has 0 bridgehead atoms. The molecule has 0 radical (unpaired) electrons. The largest absolute Gasteiger partial charge is 0.326 e. The molecule has 2 fully saturated rings. The van der Waals surface area contributed by atoms with Crippen LogP contribution in [0.15, 0.2) is 0 Å². The number of nitrogens with two attached hydrogens (primary N) is 1. The summed E-state index contributed by atoms with van der Waals surface area (Å²) in [6, 6.07) is 2.58. The number of hydrogen-bond acceptors (Lipinski definition) is 3. The molecule has 1 saturated carbocycles. The first-order chi connectivity index (χ1) is 6.27. The van der Waals surface area contributed by atoms with Crippen LogP contribution in [0.2, 0.25) is 0 Å². The van der Waals surface area contributed by atoms with Gasteiger partial charge in [-0.15, -0.1) is 0 Å². The van der Waals surface area contributed by atoms with E-state index in [4.69, 9.17) is 11.0 Å². The summed E-state index contributed by atoms with van der Waals surface area (Å²) < 4.78 is 0. The monoisotopic (exact) mass is 179 g/mol. The number of nitriles is 1. The van der Waals surface area contributed by atoms with Crippen LogP contribution in [0, 0.1) is 16.7 Å². The minimum absolute atomic E-state index is 0.398. The molecule has 1 heterocycles. The maximum atomic E-state index is 8.41. The Balaban J connectivity index is 1.75. The molecule has 2 N–H and O–H groups in total. The van der Waals surface area contributed by atoms with Crippen LogP contribution in [-0.4, -0.2) is 30.6 Å². The Morgan fingerprint density at radius 2 is 2.31 bits per heavy atom. The van der Waals surface area contributed by atoms with Crippen LogP contribution < -0.4 is 5.73 Å². The molecule has 0 amide bonds. The van der Waals surface area contributed by atoms with Crippen molar-refractivity contribution in [2.45, 2.75) is 31.7 Å². The van der Waals surface area contributed by atoms with Gasteiger partial charge in [0, 0.05) is 25.6 Å². The molecule has 1 unspecified atom stereocenters. The van der Waals surface area contributed by atoms with Gasteiger partial charge >= 0.3 is 0 Å². The summed E-state index contributed by atoms with van der Waals surface area (Å²) >= 11 is 0. The number of rotatable bonds is 3. The van der Waals surface area contributed by atoms with Crippen LogP contribution in [0.1, 0.15) is 25.7 Å². The van der Waals surface area contributed by atoms with Crippen LogP contribution in [0.5, 0.6) is 0 Å². The Bertz CT molecular complexity index is 227. The van der Waals surface area contributed by atoms with Crippen LogP contribution in [0.4, 0.5) is 0 Å². The summed E-state index contributed by atoms with van der Waals surface area (Å²) in [5.74, 6) is 0. The Labute approximate surface area is 79.5 Å². The third-order valence-corrected chi connectivity index (χ3v) is 3.44. The summed E-state index contributed by atoms with van der Waals surface area (Å²) in [6.45, 7) is 3.29. The Hall–Kier alpha value is -0.590. The molecular weight excluding hydrogens is 162 g/mol. The highest BCUT2D eigenvalue weighted by Gasteiger charge is 2.52. The molecule has 3 nitrogen and oxygen atoms in total. The van der Waals surface area contributed by atoms with Gasteiger partial charge in [0.15, 0.2) is 0 Å². The van der Waals surface area contributed by atoms with Crippen molar-refractivity contribution >= 4 is 0 Å². The van der Waals surface area contributed by atoms with E-state index in [1.807, 2.05) is 0 Å². The molecule has 1 atom stereocenters. The average molecular weight is 179 g/mol. The van der Waals surface area contributed by atoms with E-state index in [2.05, 4.69) is 11.0 Å². The molecule has 0 aromatic rings. The Morgan fingerprint density at radius 3 is 2.85 bits per heavy atom. The zero-order chi connectivity index (χ0) is 9.31. The molecule has 0 aromatic heterocycles. The van der Waals surface area contributed by atoms with E-state index in [1.54, 1.807) is 0 Å². The predicted molar refractivity (Wildman–Crippen MR) is 50.9 cm³/mol. The Morgan fingerprint density at radius 1 is 1.54 bits per heavy atom. The number of hydrogen-bond donors (Lipinski definition) is 1. The van der Waals surface area contributed by atoms with Gasteiger partial charge in [-0.1, -0.05) is 0 Å². The van der Waals surface area contributed by atoms with Gasteiger partial charge in [-0.25, -0.2) is 0 Å². The smallest absolute Gasteiger partial charge is 0.0622 e. The van der Waals surface area contributed by atoms with Crippen molar-refractivity contribution in [3.8, 4) is 6.07 Å². The topological polar surface area (TPSA) is 53.0 Å². The molecular formula is C10H17N3. The normalized spacial score (nSPS) is 30.6. The number of likely N-dealkylation sites (tertiary alicyclic amines) is 1. The summed E-state index contributed by atoms with van der Waals surface area (Å²) in [5.41, 5.74) is 6.56. The fourth-order valence-corrected chi connectivity index (χ4v) is 2.34. The van der Waals surface area contributed by atoms with Crippen molar-refractivity contribution in [2.75, 3.05) is 19.6 Å². The highest BCUT2D eigenvalue weighted by molar-refractivity contribution is 5.08. The molecule has 1 spiro atoms. The molecule has 2 rings (SSSR count). The first-order valence-corrected chi connectivity index (χ1v) is 5.12. The van der Waals surface area contributed by atoms with Crippen LogP contribution in [0.3, 0.4) is 0 Å². The van der Waals surface area contributed by atoms with E-state index in [0.29, 0.717) is 17.9 Å². The van der Waals surface area contributed by atoms with Gasteiger partial charge in [0.25, 0.3) is 0 Å². The van der Waals surface area contributed by atoms with Gasteiger partial charge in [0.1, 0.15) is 0 Å². The number of unbranched alkanes of at least 4 members (excludes halogenated alkanes) is 1. The fraction of sp³-hybridized carbons (Fsp3) is 0.900. The quantitative estimate of drug-likeness (QED) is 0.649. The van der Waals surface area contributed by atoms with E-state index >= 15 is 0 Å². The SMILES string of the molecule is N#CCCCN1CC(N)C2(CC2)C1. The van der Waals surface area contributed by atoms with Gasteiger partial charge in [0.2, 0.25) is 0 Å². The molecule has 2 aliphatic rings. The molecule has 13 heavy (non-hydrogen) atoms. The maximum Gasteiger partial charge on any atom is 0.0622 e. The molecule has 72 valence electrons.